The van der Waals surface area contributed by atoms with Crippen LogP contribution in [0.4, 0.5) is 30.7 Å². The summed E-state index contributed by atoms with van der Waals surface area (Å²) in [6, 6.07) is 6.06. The number of halogens is 7. The minimum Gasteiger partial charge on any atom is -0.337 e. The van der Waals surface area contributed by atoms with Gasteiger partial charge in [0.05, 0.1) is 22.8 Å². The van der Waals surface area contributed by atoms with Crippen LogP contribution >= 0.6 is 0 Å². The topological polar surface area (TPSA) is 41.7 Å². The summed E-state index contributed by atoms with van der Waals surface area (Å²) >= 11 is 0. The number of ether oxygens (including phenoxy) is 2. The number of hydroxylamine groups is 1. The molecule has 1 N–H and O–H groups in total. The zero-order valence-corrected chi connectivity index (χ0v) is 16.0. The Hall–Kier alpha value is -2.66. The summed E-state index contributed by atoms with van der Waals surface area (Å²) in [5.74, 6) is -0.542. The van der Waals surface area contributed by atoms with Gasteiger partial charge in [-0.05, 0) is 59.7 Å². The molecule has 2 aromatic carbocycles. The van der Waals surface area contributed by atoms with Crippen molar-refractivity contribution in [3.05, 3.63) is 70.5 Å². The molecule has 2 aromatic rings. The first kappa shape index (κ1) is 23.0. The highest BCUT2D eigenvalue weighted by Crippen LogP contribution is 2.38. The summed E-state index contributed by atoms with van der Waals surface area (Å²) in [5, 5.41) is 10.2. The van der Waals surface area contributed by atoms with Crippen LogP contribution in [0.3, 0.4) is 0 Å². The van der Waals surface area contributed by atoms with E-state index < -0.39 is 41.7 Å². The van der Waals surface area contributed by atoms with E-state index in [2.05, 4.69) is 0 Å². The molecule has 0 bridgehead atoms. The van der Waals surface area contributed by atoms with Gasteiger partial charge in [-0.3, -0.25) is 5.21 Å². The van der Waals surface area contributed by atoms with Gasteiger partial charge in [0.25, 0.3) is 12.0 Å². The number of hydrogen-bond acceptors (Lipinski definition) is 3. The van der Waals surface area contributed by atoms with Crippen LogP contribution in [0, 0.1) is 5.82 Å². The minimum absolute atomic E-state index is 0.0189. The Balaban J connectivity index is 1.95. The SMILES string of the molecule is C[C@@H](O[C@H]1OCC[N+](O)=C1c1ccc(F)cc1)c1cc(C(F)(F)F)cc(C(F)(F)F)c1. The molecule has 1 aliphatic heterocycles. The first-order chi connectivity index (χ1) is 14.4. The summed E-state index contributed by atoms with van der Waals surface area (Å²) in [4.78, 5) is 0. The van der Waals surface area contributed by atoms with Gasteiger partial charge in [-0.1, -0.05) is 0 Å². The second-order valence-electron chi connectivity index (χ2n) is 6.84. The first-order valence-electron chi connectivity index (χ1n) is 9.02. The molecular weight excluding hydrogens is 435 g/mol. The number of benzene rings is 2. The van der Waals surface area contributed by atoms with Gasteiger partial charge >= 0.3 is 12.4 Å². The van der Waals surface area contributed by atoms with E-state index in [-0.39, 0.29) is 30.5 Å². The lowest BCUT2D eigenvalue weighted by Crippen LogP contribution is -2.42. The molecule has 168 valence electrons. The Labute approximate surface area is 172 Å². The molecule has 0 fully saturated rings. The third-order valence-corrected chi connectivity index (χ3v) is 4.62. The van der Waals surface area contributed by atoms with E-state index in [1.807, 2.05) is 0 Å². The fourth-order valence-corrected chi connectivity index (χ4v) is 3.05. The number of alkyl halides is 6. The largest absolute Gasteiger partial charge is 0.416 e. The number of nitrogens with zero attached hydrogens (tertiary/aromatic N) is 1. The highest BCUT2D eigenvalue weighted by Gasteiger charge is 2.39. The third kappa shape index (κ3) is 5.34. The van der Waals surface area contributed by atoms with Gasteiger partial charge in [0.1, 0.15) is 12.4 Å². The van der Waals surface area contributed by atoms with Gasteiger partial charge in [0.2, 0.25) is 6.54 Å². The number of hydrogen-bond donors (Lipinski definition) is 1. The highest BCUT2D eigenvalue weighted by atomic mass is 19.4. The lowest BCUT2D eigenvalue weighted by Gasteiger charge is -2.25. The van der Waals surface area contributed by atoms with E-state index in [0.29, 0.717) is 17.7 Å². The maximum Gasteiger partial charge on any atom is 0.416 e. The van der Waals surface area contributed by atoms with Crippen molar-refractivity contribution in [2.45, 2.75) is 31.7 Å². The monoisotopic (exact) mass is 452 g/mol. The van der Waals surface area contributed by atoms with E-state index in [0.717, 1.165) is 16.9 Å². The van der Waals surface area contributed by atoms with E-state index in [4.69, 9.17) is 9.47 Å². The molecule has 1 heterocycles. The van der Waals surface area contributed by atoms with Gasteiger partial charge in [0.15, 0.2) is 0 Å². The molecule has 11 heteroatoms. The van der Waals surface area contributed by atoms with E-state index in [9.17, 15) is 35.9 Å². The van der Waals surface area contributed by atoms with Gasteiger partial charge in [0, 0.05) is 0 Å². The predicted molar refractivity (Wildman–Crippen MR) is 93.1 cm³/mol. The average molecular weight is 452 g/mol. The van der Waals surface area contributed by atoms with Crippen LogP contribution in [0.25, 0.3) is 0 Å². The summed E-state index contributed by atoms with van der Waals surface area (Å²) in [6.07, 6.45) is -12.6. The standard InChI is InChI=1S/C20H17F7NO3/c1-11(13-8-14(19(22,23)24)10-15(9-13)20(25,26)27)31-18-17(28(29)6-7-30-18)12-2-4-16(21)5-3-12/h2-5,8-11,18,29H,6-7H2,1H3/q+1/t11-,18-/m1/s1. The predicted octanol–water partition coefficient (Wildman–Crippen LogP) is 5.19. The fraction of sp³-hybridized carbons (Fsp3) is 0.350. The molecule has 0 spiro atoms. The molecule has 0 amide bonds. The molecule has 0 radical (unpaired) electrons. The second kappa shape index (κ2) is 8.46. The van der Waals surface area contributed by atoms with Crippen LogP contribution in [0.1, 0.15) is 35.3 Å². The second-order valence-corrected chi connectivity index (χ2v) is 6.84. The molecule has 0 aliphatic carbocycles. The van der Waals surface area contributed by atoms with Crippen LogP contribution < -0.4 is 0 Å². The molecule has 0 saturated carbocycles. The van der Waals surface area contributed by atoms with Gasteiger partial charge < -0.3 is 9.47 Å². The summed E-state index contributed by atoms with van der Waals surface area (Å²) in [5.41, 5.74) is -2.96. The Morgan fingerprint density at radius 1 is 1.00 bits per heavy atom. The van der Waals surface area contributed by atoms with Crippen molar-refractivity contribution in [2.24, 2.45) is 0 Å². The van der Waals surface area contributed by atoms with Crippen molar-refractivity contribution >= 4 is 5.71 Å². The molecular formula is C20H17F7NO3+. The fourth-order valence-electron chi connectivity index (χ4n) is 3.05. The van der Waals surface area contributed by atoms with Crippen molar-refractivity contribution < 1.29 is 50.2 Å². The Morgan fingerprint density at radius 2 is 1.55 bits per heavy atom. The van der Waals surface area contributed by atoms with Crippen LogP contribution in [-0.2, 0) is 21.8 Å². The number of rotatable bonds is 4. The lowest BCUT2D eigenvalue weighted by atomic mass is 10.0. The van der Waals surface area contributed by atoms with E-state index >= 15 is 0 Å². The molecule has 3 rings (SSSR count). The normalized spacial score (nSPS) is 18.9. The Kier molecular flexibility index (Phi) is 6.28. The third-order valence-electron chi connectivity index (χ3n) is 4.62. The van der Waals surface area contributed by atoms with Crippen molar-refractivity contribution in [1.82, 2.24) is 0 Å². The molecule has 0 aromatic heterocycles. The minimum atomic E-state index is -5.00. The Morgan fingerprint density at radius 3 is 2.06 bits per heavy atom. The quantitative estimate of drug-likeness (QED) is 0.395. The highest BCUT2D eigenvalue weighted by molar-refractivity contribution is 5.99. The van der Waals surface area contributed by atoms with Crippen molar-refractivity contribution in [3.63, 3.8) is 0 Å². The summed E-state index contributed by atoms with van der Waals surface area (Å²) in [7, 11) is 0. The zero-order valence-electron chi connectivity index (χ0n) is 16.0. The maximum absolute atomic E-state index is 13.2. The summed E-state index contributed by atoms with van der Waals surface area (Å²) < 4.78 is 104. The molecule has 31 heavy (non-hydrogen) atoms. The average Bonchev–Trinajstić information content (AvgIpc) is 2.67. The molecule has 2 atom stereocenters. The van der Waals surface area contributed by atoms with Gasteiger partial charge in [-0.2, -0.15) is 26.3 Å². The van der Waals surface area contributed by atoms with Crippen molar-refractivity contribution in [3.8, 4) is 0 Å². The van der Waals surface area contributed by atoms with E-state index in [1.54, 1.807) is 0 Å². The smallest absolute Gasteiger partial charge is 0.337 e. The molecule has 0 unspecified atom stereocenters. The molecule has 1 aliphatic rings. The van der Waals surface area contributed by atoms with E-state index in [1.165, 1.54) is 19.1 Å². The summed E-state index contributed by atoms with van der Waals surface area (Å²) in [6.45, 7) is 1.27. The van der Waals surface area contributed by atoms with Crippen molar-refractivity contribution in [2.75, 3.05) is 13.2 Å². The molecule has 4 nitrogen and oxygen atoms in total. The van der Waals surface area contributed by atoms with Gasteiger partial charge in [-0.15, -0.1) is 0 Å². The van der Waals surface area contributed by atoms with Crippen LogP contribution in [0.15, 0.2) is 42.5 Å². The first-order valence-corrected chi connectivity index (χ1v) is 9.02. The zero-order chi connectivity index (χ0) is 23.0. The van der Waals surface area contributed by atoms with Crippen LogP contribution in [0.5, 0.6) is 0 Å². The van der Waals surface area contributed by atoms with Crippen LogP contribution in [-0.4, -0.2) is 35.1 Å². The lowest BCUT2D eigenvalue weighted by molar-refractivity contribution is -0.781. The van der Waals surface area contributed by atoms with Crippen LogP contribution in [0.2, 0.25) is 0 Å². The van der Waals surface area contributed by atoms with Crippen molar-refractivity contribution in [1.29, 1.82) is 0 Å². The van der Waals surface area contributed by atoms with Gasteiger partial charge in [-0.25, -0.2) is 4.39 Å². The maximum atomic E-state index is 13.2. The Bertz CT molecular complexity index is 936. The molecule has 0 saturated heterocycles.